The average Bonchev–Trinajstić information content (AvgIpc) is 3.11. The van der Waals surface area contributed by atoms with Gasteiger partial charge >= 0.3 is 0 Å². The molecule has 0 atom stereocenters. The van der Waals surface area contributed by atoms with Crippen molar-refractivity contribution >= 4 is 50.5 Å². The fraction of sp³-hybridized carbons (Fsp3) is 0.267. The summed E-state index contributed by atoms with van der Waals surface area (Å²) in [6.45, 7) is 1.13. The molecule has 2 heterocycles. The molecule has 0 unspecified atom stereocenters. The number of halogens is 2. The van der Waals surface area contributed by atoms with E-state index < -0.39 is 10.0 Å². The molecule has 1 aromatic carbocycles. The van der Waals surface area contributed by atoms with Gasteiger partial charge in [0.2, 0.25) is 10.0 Å². The molecule has 1 amide bonds. The van der Waals surface area contributed by atoms with Crippen LogP contribution in [0.25, 0.3) is 0 Å². The molecule has 1 aliphatic rings. The molecule has 1 saturated heterocycles. The maximum atomic E-state index is 12.7. The minimum Gasteiger partial charge on any atom is -0.335 e. The van der Waals surface area contributed by atoms with Crippen LogP contribution in [0, 0.1) is 0 Å². The van der Waals surface area contributed by atoms with Gasteiger partial charge in [0.05, 0.1) is 14.9 Å². The second-order valence-corrected chi connectivity index (χ2v) is 8.86. The van der Waals surface area contributed by atoms with E-state index in [1.807, 2.05) is 11.4 Å². The molecule has 1 aromatic heterocycles. The van der Waals surface area contributed by atoms with Crippen molar-refractivity contribution in [2.75, 3.05) is 26.2 Å². The van der Waals surface area contributed by atoms with Gasteiger partial charge in [-0.05, 0) is 23.6 Å². The third-order valence-electron chi connectivity index (χ3n) is 3.79. The topological polar surface area (TPSA) is 57.7 Å². The van der Waals surface area contributed by atoms with E-state index in [-0.39, 0.29) is 33.9 Å². The third kappa shape index (κ3) is 3.32. The lowest BCUT2D eigenvalue weighted by Gasteiger charge is -2.34. The van der Waals surface area contributed by atoms with Crippen LogP contribution in [0.4, 0.5) is 0 Å². The van der Waals surface area contributed by atoms with Crippen LogP contribution in [-0.4, -0.2) is 49.7 Å². The molecule has 3 rings (SSSR count). The fourth-order valence-corrected chi connectivity index (χ4v) is 5.36. The Labute approximate surface area is 154 Å². The van der Waals surface area contributed by atoms with Gasteiger partial charge in [0.25, 0.3) is 5.91 Å². The number of thiophene rings is 1. The zero-order valence-electron chi connectivity index (χ0n) is 12.5. The quantitative estimate of drug-likeness (QED) is 0.788. The van der Waals surface area contributed by atoms with E-state index in [0.29, 0.717) is 18.0 Å². The van der Waals surface area contributed by atoms with Gasteiger partial charge in [-0.2, -0.15) is 4.31 Å². The van der Waals surface area contributed by atoms with Crippen molar-refractivity contribution in [3.8, 4) is 0 Å². The summed E-state index contributed by atoms with van der Waals surface area (Å²) in [6, 6.07) is 8.12. The minimum absolute atomic E-state index is 0.00491. The predicted molar refractivity (Wildman–Crippen MR) is 95.4 cm³/mol. The molecule has 0 radical (unpaired) electrons. The van der Waals surface area contributed by atoms with E-state index in [0.717, 1.165) is 0 Å². The Morgan fingerprint density at radius 2 is 1.75 bits per heavy atom. The van der Waals surface area contributed by atoms with Crippen LogP contribution < -0.4 is 0 Å². The number of amides is 1. The van der Waals surface area contributed by atoms with E-state index >= 15 is 0 Å². The summed E-state index contributed by atoms with van der Waals surface area (Å²) in [6.07, 6.45) is 0. The molecule has 2 aromatic rings. The number of carbonyl (C=O) groups is 1. The first-order valence-corrected chi connectivity index (χ1v) is 10.3. The summed E-state index contributed by atoms with van der Waals surface area (Å²) in [4.78, 5) is 14.6. The Kier molecular flexibility index (Phi) is 5.17. The van der Waals surface area contributed by atoms with E-state index in [4.69, 9.17) is 23.2 Å². The molecule has 0 bridgehead atoms. The largest absolute Gasteiger partial charge is 0.335 e. The lowest BCUT2D eigenvalue weighted by molar-refractivity contribution is 0.0703. The lowest BCUT2D eigenvalue weighted by atomic mass is 10.3. The van der Waals surface area contributed by atoms with Gasteiger partial charge in [0.15, 0.2) is 0 Å². The molecule has 128 valence electrons. The van der Waals surface area contributed by atoms with E-state index in [1.54, 1.807) is 23.1 Å². The van der Waals surface area contributed by atoms with Crippen molar-refractivity contribution in [3.63, 3.8) is 0 Å². The van der Waals surface area contributed by atoms with Crippen molar-refractivity contribution in [3.05, 3.63) is 50.6 Å². The number of benzene rings is 1. The van der Waals surface area contributed by atoms with Crippen LogP contribution in [0.3, 0.4) is 0 Å². The maximum absolute atomic E-state index is 12.7. The van der Waals surface area contributed by atoms with Crippen LogP contribution >= 0.6 is 34.5 Å². The number of hydrogen-bond donors (Lipinski definition) is 0. The van der Waals surface area contributed by atoms with Gasteiger partial charge < -0.3 is 4.90 Å². The molecular formula is C15H14Cl2N2O3S2. The summed E-state index contributed by atoms with van der Waals surface area (Å²) < 4.78 is 26.8. The summed E-state index contributed by atoms with van der Waals surface area (Å²) in [5.41, 5.74) is 0. The monoisotopic (exact) mass is 404 g/mol. The zero-order valence-corrected chi connectivity index (χ0v) is 15.6. The third-order valence-corrected chi connectivity index (χ3v) is 7.52. The van der Waals surface area contributed by atoms with Gasteiger partial charge in [-0.25, -0.2) is 8.42 Å². The first-order valence-electron chi connectivity index (χ1n) is 7.18. The number of piperazine rings is 1. The molecule has 9 heteroatoms. The number of hydrogen-bond acceptors (Lipinski definition) is 4. The average molecular weight is 405 g/mol. The van der Waals surface area contributed by atoms with Gasteiger partial charge in [0.1, 0.15) is 4.90 Å². The van der Waals surface area contributed by atoms with Gasteiger partial charge in [0, 0.05) is 26.2 Å². The maximum Gasteiger partial charge on any atom is 0.264 e. The lowest BCUT2D eigenvalue weighted by Crippen LogP contribution is -2.50. The molecule has 1 aliphatic heterocycles. The van der Waals surface area contributed by atoms with E-state index in [9.17, 15) is 13.2 Å². The second-order valence-electron chi connectivity index (χ2n) is 5.23. The summed E-state index contributed by atoms with van der Waals surface area (Å²) in [7, 11) is -3.74. The first kappa shape index (κ1) is 17.7. The fourth-order valence-electron chi connectivity index (χ4n) is 2.51. The number of sulfonamides is 1. The summed E-state index contributed by atoms with van der Waals surface area (Å²) in [5.74, 6) is -0.0668. The number of carbonyl (C=O) groups excluding carboxylic acids is 1. The van der Waals surface area contributed by atoms with Crippen molar-refractivity contribution in [2.24, 2.45) is 0 Å². The second kappa shape index (κ2) is 7.01. The van der Waals surface area contributed by atoms with Crippen molar-refractivity contribution < 1.29 is 13.2 Å². The van der Waals surface area contributed by atoms with Crippen LogP contribution in [0.1, 0.15) is 9.67 Å². The van der Waals surface area contributed by atoms with Crippen molar-refractivity contribution in [1.82, 2.24) is 9.21 Å². The Balaban J connectivity index is 1.74. The van der Waals surface area contributed by atoms with E-state index in [1.165, 1.54) is 21.7 Å². The normalized spacial score (nSPS) is 16.3. The SMILES string of the molecule is O=C(c1cccs1)N1CCN(S(=O)(=O)c2cccc(Cl)c2Cl)CC1. The summed E-state index contributed by atoms with van der Waals surface area (Å²) in [5, 5.41) is 2.07. The van der Waals surface area contributed by atoms with Crippen LogP contribution in [0.15, 0.2) is 40.6 Å². The molecular weight excluding hydrogens is 391 g/mol. The zero-order chi connectivity index (χ0) is 17.3. The Bertz CT molecular complexity index is 846. The Morgan fingerprint density at radius 3 is 2.38 bits per heavy atom. The van der Waals surface area contributed by atoms with Gasteiger partial charge in [-0.1, -0.05) is 35.3 Å². The highest BCUT2D eigenvalue weighted by atomic mass is 35.5. The van der Waals surface area contributed by atoms with Crippen LogP contribution in [0.5, 0.6) is 0 Å². The summed E-state index contributed by atoms with van der Waals surface area (Å²) >= 11 is 13.3. The molecule has 0 spiro atoms. The molecule has 24 heavy (non-hydrogen) atoms. The minimum atomic E-state index is -3.74. The van der Waals surface area contributed by atoms with Crippen LogP contribution in [0.2, 0.25) is 10.0 Å². The van der Waals surface area contributed by atoms with Gasteiger partial charge in [-0.15, -0.1) is 11.3 Å². The predicted octanol–water partition coefficient (Wildman–Crippen LogP) is 3.20. The molecule has 0 aliphatic carbocycles. The van der Waals surface area contributed by atoms with Gasteiger partial charge in [-0.3, -0.25) is 4.79 Å². The highest BCUT2D eigenvalue weighted by Crippen LogP contribution is 2.31. The molecule has 1 fully saturated rings. The Hall–Kier alpha value is -1.12. The Morgan fingerprint density at radius 1 is 1.04 bits per heavy atom. The van der Waals surface area contributed by atoms with Crippen molar-refractivity contribution in [2.45, 2.75) is 4.90 Å². The van der Waals surface area contributed by atoms with Crippen LogP contribution in [-0.2, 0) is 10.0 Å². The highest BCUT2D eigenvalue weighted by Gasteiger charge is 2.32. The standard InChI is InChI=1S/C15H14Cl2N2O3S2/c16-11-3-1-5-13(14(11)17)24(21,22)19-8-6-18(7-9-19)15(20)12-4-2-10-23-12/h1-5,10H,6-9H2. The smallest absolute Gasteiger partial charge is 0.264 e. The number of nitrogens with zero attached hydrogens (tertiary/aromatic N) is 2. The van der Waals surface area contributed by atoms with Crippen molar-refractivity contribution in [1.29, 1.82) is 0 Å². The first-order chi connectivity index (χ1) is 11.4. The number of rotatable bonds is 3. The molecule has 5 nitrogen and oxygen atoms in total. The molecule has 0 N–H and O–H groups in total. The highest BCUT2D eigenvalue weighted by molar-refractivity contribution is 7.89. The van der Waals surface area contributed by atoms with E-state index in [2.05, 4.69) is 0 Å². The molecule has 0 saturated carbocycles.